The first-order valence-corrected chi connectivity index (χ1v) is 6.07. The molecule has 1 N–H and O–H groups in total. The van der Waals surface area contributed by atoms with E-state index in [2.05, 4.69) is 22.2 Å². The van der Waals surface area contributed by atoms with Crippen LogP contribution in [0.1, 0.15) is 24.7 Å². The van der Waals surface area contributed by atoms with Crippen molar-refractivity contribution in [2.45, 2.75) is 19.8 Å². The summed E-state index contributed by atoms with van der Waals surface area (Å²) in [5, 5.41) is 11.0. The third-order valence-corrected chi connectivity index (χ3v) is 2.63. The number of hydrogen-bond donors (Lipinski definition) is 1. The van der Waals surface area contributed by atoms with Crippen molar-refractivity contribution >= 4 is 18.4 Å². The Morgan fingerprint density at radius 2 is 2.39 bits per heavy atom. The molecule has 0 bridgehead atoms. The minimum Gasteiger partial charge on any atom is -0.250 e. The van der Waals surface area contributed by atoms with E-state index in [1.54, 1.807) is 23.0 Å². The largest absolute Gasteiger partial charge is 0.250 e. The van der Waals surface area contributed by atoms with E-state index in [1.165, 1.54) is 12.1 Å². The van der Waals surface area contributed by atoms with E-state index in [1.807, 2.05) is 0 Å². The van der Waals surface area contributed by atoms with Gasteiger partial charge < -0.3 is 0 Å². The quantitative estimate of drug-likeness (QED) is 0.681. The summed E-state index contributed by atoms with van der Waals surface area (Å²) >= 11 is 5.09. The maximum atomic E-state index is 13.0. The number of H-pyrrole nitrogens is 1. The zero-order chi connectivity index (χ0) is 13.0. The van der Waals surface area contributed by atoms with E-state index in [4.69, 9.17) is 12.2 Å². The molecule has 1 heterocycles. The Kier molecular flexibility index (Phi) is 3.99. The first-order chi connectivity index (χ1) is 8.70. The summed E-state index contributed by atoms with van der Waals surface area (Å²) in [6.45, 7) is 2.05. The Bertz CT molecular complexity index is 615. The minimum absolute atomic E-state index is 0.288. The van der Waals surface area contributed by atoms with Gasteiger partial charge >= 0.3 is 0 Å². The number of halogens is 1. The molecule has 0 aliphatic carbocycles. The highest BCUT2D eigenvalue weighted by atomic mass is 32.1. The van der Waals surface area contributed by atoms with Gasteiger partial charge in [0.2, 0.25) is 4.77 Å². The fourth-order valence-corrected chi connectivity index (χ4v) is 1.74. The van der Waals surface area contributed by atoms with Gasteiger partial charge in [-0.15, -0.1) is 0 Å². The molecule has 0 saturated heterocycles. The Labute approximate surface area is 109 Å². The van der Waals surface area contributed by atoms with Crippen LogP contribution in [0, 0.1) is 10.6 Å². The normalized spacial score (nSPS) is 11.2. The van der Waals surface area contributed by atoms with E-state index >= 15 is 0 Å². The molecule has 0 spiro atoms. The maximum Gasteiger partial charge on any atom is 0.216 e. The summed E-state index contributed by atoms with van der Waals surface area (Å²) in [5.41, 5.74) is 0.681. The molecule has 4 nitrogen and oxygen atoms in total. The molecule has 6 heteroatoms. The topological polar surface area (TPSA) is 46.0 Å². The van der Waals surface area contributed by atoms with Gasteiger partial charge in [-0.3, -0.25) is 5.10 Å². The number of rotatable bonds is 4. The smallest absolute Gasteiger partial charge is 0.216 e. The van der Waals surface area contributed by atoms with Crippen molar-refractivity contribution in [1.82, 2.24) is 14.9 Å². The van der Waals surface area contributed by atoms with Crippen molar-refractivity contribution in [3.63, 3.8) is 0 Å². The van der Waals surface area contributed by atoms with Crippen LogP contribution >= 0.6 is 12.2 Å². The van der Waals surface area contributed by atoms with Crippen LogP contribution in [0.3, 0.4) is 0 Å². The lowest BCUT2D eigenvalue weighted by Gasteiger charge is -1.98. The highest BCUT2D eigenvalue weighted by Crippen LogP contribution is 2.03. The van der Waals surface area contributed by atoms with Crippen molar-refractivity contribution in [2.24, 2.45) is 5.10 Å². The average molecular weight is 264 g/mol. The van der Waals surface area contributed by atoms with Crippen LogP contribution in [0.5, 0.6) is 0 Å². The van der Waals surface area contributed by atoms with Gasteiger partial charge in [-0.1, -0.05) is 19.1 Å². The second kappa shape index (κ2) is 5.68. The summed E-state index contributed by atoms with van der Waals surface area (Å²) in [6.07, 6.45) is 3.30. The number of aromatic nitrogens is 3. The predicted molar refractivity (Wildman–Crippen MR) is 70.8 cm³/mol. The Morgan fingerprint density at radius 1 is 1.56 bits per heavy atom. The van der Waals surface area contributed by atoms with Crippen LogP contribution < -0.4 is 0 Å². The van der Waals surface area contributed by atoms with E-state index in [-0.39, 0.29) is 5.82 Å². The lowest BCUT2D eigenvalue weighted by molar-refractivity contribution is 0.627. The zero-order valence-electron chi connectivity index (χ0n) is 9.93. The maximum absolute atomic E-state index is 13.0. The van der Waals surface area contributed by atoms with Crippen molar-refractivity contribution < 1.29 is 4.39 Å². The van der Waals surface area contributed by atoms with Gasteiger partial charge in [-0.2, -0.15) is 14.9 Å². The third kappa shape index (κ3) is 2.89. The molecule has 0 unspecified atom stereocenters. The minimum atomic E-state index is -0.288. The van der Waals surface area contributed by atoms with Gasteiger partial charge in [0.1, 0.15) is 5.82 Å². The van der Waals surface area contributed by atoms with E-state index in [9.17, 15) is 4.39 Å². The molecule has 2 rings (SSSR count). The number of nitrogens with one attached hydrogen (secondary N) is 1. The van der Waals surface area contributed by atoms with Crippen LogP contribution in [0.2, 0.25) is 0 Å². The third-order valence-electron chi connectivity index (χ3n) is 2.36. The van der Waals surface area contributed by atoms with Gasteiger partial charge in [-0.25, -0.2) is 4.39 Å². The van der Waals surface area contributed by atoms with Crippen LogP contribution in [0.15, 0.2) is 29.4 Å². The lowest BCUT2D eigenvalue weighted by Crippen LogP contribution is -1.98. The summed E-state index contributed by atoms with van der Waals surface area (Å²) < 4.78 is 15.0. The van der Waals surface area contributed by atoms with Crippen molar-refractivity contribution in [3.05, 3.63) is 46.2 Å². The molecule has 0 atom stereocenters. The molecular formula is C12H13FN4S. The van der Waals surface area contributed by atoms with Gasteiger partial charge in [0.15, 0.2) is 5.82 Å². The molecule has 0 amide bonds. The molecule has 0 aliphatic heterocycles. The zero-order valence-corrected chi connectivity index (χ0v) is 10.7. The van der Waals surface area contributed by atoms with Gasteiger partial charge in [0.05, 0.1) is 6.21 Å². The van der Waals surface area contributed by atoms with Crippen molar-refractivity contribution in [2.75, 3.05) is 0 Å². The summed E-state index contributed by atoms with van der Waals surface area (Å²) in [7, 11) is 0. The molecule has 0 fully saturated rings. The number of aromatic amines is 1. The molecule has 94 valence electrons. The first kappa shape index (κ1) is 12.6. The van der Waals surface area contributed by atoms with Crippen LogP contribution in [-0.4, -0.2) is 21.1 Å². The highest BCUT2D eigenvalue weighted by Gasteiger charge is 2.02. The summed E-state index contributed by atoms with van der Waals surface area (Å²) in [4.78, 5) is 0. The number of aryl methyl sites for hydroxylation is 1. The fourth-order valence-electron chi connectivity index (χ4n) is 1.54. The van der Waals surface area contributed by atoms with Crippen molar-refractivity contribution in [3.8, 4) is 0 Å². The van der Waals surface area contributed by atoms with Gasteiger partial charge in [-0.05, 0) is 36.3 Å². The number of hydrogen-bond acceptors (Lipinski definition) is 3. The first-order valence-electron chi connectivity index (χ1n) is 5.67. The van der Waals surface area contributed by atoms with E-state index in [0.29, 0.717) is 10.3 Å². The van der Waals surface area contributed by atoms with Crippen LogP contribution in [0.4, 0.5) is 4.39 Å². The number of benzene rings is 1. The Balaban J connectivity index is 2.28. The summed E-state index contributed by atoms with van der Waals surface area (Å²) in [6, 6.07) is 6.21. The molecular weight excluding hydrogens is 251 g/mol. The molecule has 0 radical (unpaired) electrons. The Morgan fingerprint density at radius 3 is 3.11 bits per heavy atom. The number of nitrogens with zero attached hydrogens (tertiary/aromatic N) is 3. The van der Waals surface area contributed by atoms with Crippen LogP contribution in [0.25, 0.3) is 0 Å². The second-order valence-electron chi connectivity index (χ2n) is 3.81. The fraction of sp³-hybridized carbons (Fsp3) is 0.250. The molecule has 0 saturated carbocycles. The second-order valence-corrected chi connectivity index (χ2v) is 4.19. The predicted octanol–water partition coefficient (Wildman–Crippen LogP) is 2.91. The monoisotopic (exact) mass is 264 g/mol. The van der Waals surface area contributed by atoms with E-state index in [0.717, 1.165) is 18.7 Å². The van der Waals surface area contributed by atoms with Gasteiger partial charge in [0, 0.05) is 6.42 Å². The molecule has 18 heavy (non-hydrogen) atoms. The summed E-state index contributed by atoms with van der Waals surface area (Å²) in [5.74, 6) is 0.485. The average Bonchev–Trinajstić information content (AvgIpc) is 2.69. The van der Waals surface area contributed by atoms with Crippen molar-refractivity contribution in [1.29, 1.82) is 0 Å². The molecule has 0 aliphatic rings. The highest BCUT2D eigenvalue weighted by molar-refractivity contribution is 7.71. The Hall–Kier alpha value is -1.82. The molecule has 2 aromatic rings. The molecule has 1 aromatic carbocycles. The van der Waals surface area contributed by atoms with Crippen LogP contribution in [-0.2, 0) is 6.42 Å². The SMILES string of the molecule is CCCc1n[nH]c(=S)n1/N=C\c1cccc(F)c1. The molecule has 1 aromatic heterocycles. The lowest BCUT2D eigenvalue weighted by atomic mass is 10.2. The van der Waals surface area contributed by atoms with E-state index < -0.39 is 0 Å². The van der Waals surface area contributed by atoms with Gasteiger partial charge in [0.25, 0.3) is 0 Å². The standard InChI is InChI=1S/C12H13FN4S/c1-2-4-11-15-16-12(18)17(11)14-8-9-5-3-6-10(13)7-9/h3,5-8H,2,4H2,1H3,(H,16,18)/b14-8-.